The van der Waals surface area contributed by atoms with E-state index in [0.29, 0.717) is 40.1 Å². The maximum Gasteiger partial charge on any atom is 0.173 e. The lowest BCUT2D eigenvalue weighted by atomic mass is 10.1. The zero-order chi connectivity index (χ0) is 24.2. The van der Waals surface area contributed by atoms with Crippen molar-refractivity contribution in [1.82, 2.24) is 9.88 Å². The summed E-state index contributed by atoms with van der Waals surface area (Å²) in [5, 5.41) is 2.00. The van der Waals surface area contributed by atoms with Crippen LogP contribution in [0.4, 0.5) is 4.39 Å². The predicted molar refractivity (Wildman–Crippen MR) is 137 cm³/mol. The molecule has 6 nitrogen and oxygen atoms in total. The number of rotatable bonds is 8. The van der Waals surface area contributed by atoms with Crippen molar-refractivity contribution in [1.29, 1.82) is 0 Å². The minimum atomic E-state index is -0.410. The van der Waals surface area contributed by atoms with Gasteiger partial charge in [0, 0.05) is 47.1 Å². The Kier molecular flexibility index (Phi) is 7.32. The van der Waals surface area contributed by atoms with Gasteiger partial charge in [-0.15, -0.1) is 0 Å². The molecule has 0 radical (unpaired) electrons. The molecule has 4 aromatic rings. The summed E-state index contributed by atoms with van der Waals surface area (Å²) in [6, 6.07) is 14.3. The van der Waals surface area contributed by atoms with E-state index in [2.05, 4.69) is 25.8 Å². The van der Waals surface area contributed by atoms with Gasteiger partial charge in [-0.05, 0) is 42.1 Å². The van der Waals surface area contributed by atoms with Gasteiger partial charge in [0.1, 0.15) is 5.75 Å². The van der Waals surface area contributed by atoms with Gasteiger partial charge in [0.05, 0.1) is 32.4 Å². The van der Waals surface area contributed by atoms with Crippen LogP contribution < -0.4 is 14.2 Å². The molecule has 0 unspecified atom stereocenters. The minimum Gasteiger partial charge on any atom is -0.493 e. The second-order valence-corrected chi connectivity index (χ2v) is 9.25. The number of fused-ring (bicyclic) bond motifs is 2. The average Bonchev–Trinajstić information content (AvgIpc) is 2.88. The maximum atomic E-state index is 15.2. The molecule has 0 bridgehead atoms. The first-order chi connectivity index (χ1) is 17.1. The Labute approximate surface area is 211 Å². The predicted octanol–water partition coefficient (Wildman–Crippen LogP) is 6.19. The van der Waals surface area contributed by atoms with Crippen LogP contribution in [0.1, 0.15) is 6.42 Å². The topological polar surface area (TPSA) is 53.0 Å². The molecule has 0 spiro atoms. The summed E-state index contributed by atoms with van der Waals surface area (Å²) < 4.78 is 39.1. The van der Waals surface area contributed by atoms with Gasteiger partial charge in [-0.25, -0.2) is 4.39 Å². The Morgan fingerprint density at radius 3 is 2.66 bits per heavy atom. The number of hydrogen-bond donors (Lipinski definition) is 0. The van der Waals surface area contributed by atoms with Crippen LogP contribution in [0.2, 0.25) is 0 Å². The van der Waals surface area contributed by atoms with Crippen LogP contribution in [-0.4, -0.2) is 56.4 Å². The lowest BCUT2D eigenvalue weighted by Gasteiger charge is -2.26. The number of ether oxygens (including phenoxy) is 4. The molecule has 1 aromatic heterocycles. The highest BCUT2D eigenvalue weighted by Gasteiger charge is 2.15. The van der Waals surface area contributed by atoms with E-state index in [1.807, 2.05) is 30.3 Å². The fourth-order valence-corrected chi connectivity index (χ4v) is 4.60. The summed E-state index contributed by atoms with van der Waals surface area (Å²) in [6.07, 6.45) is 2.54. The molecule has 0 atom stereocenters. The third kappa shape index (κ3) is 5.34. The summed E-state index contributed by atoms with van der Waals surface area (Å²) in [4.78, 5) is 6.84. The highest BCUT2D eigenvalue weighted by atomic mass is 79.9. The van der Waals surface area contributed by atoms with Crippen molar-refractivity contribution in [3.05, 3.63) is 65.0 Å². The van der Waals surface area contributed by atoms with Gasteiger partial charge in [0.2, 0.25) is 0 Å². The van der Waals surface area contributed by atoms with Crippen molar-refractivity contribution >= 4 is 37.6 Å². The highest BCUT2D eigenvalue weighted by molar-refractivity contribution is 9.10. The Bertz CT molecular complexity index is 1340. The van der Waals surface area contributed by atoms with Gasteiger partial charge < -0.3 is 18.9 Å². The van der Waals surface area contributed by atoms with Crippen LogP contribution >= 0.6 is 15.9 Å². The average molecular weight is 541 g/mol. The van der Waals surface area contributed by atoms with Crippen molar-refractivity contribution < 1.29 is 23.3 Å². The Balaban J connectivity index is 1.36. The van der Waals surface area contributed by atoms with Crippen LogP contribution in [0.25, 0.3) is 21.7 Å². The number of pyridine rings is 1. The molecule has 0 aliphatic carbocycles. The molecule has 0 saturated carbocycles. The molecular weight excluding hydrogens is 515 g/mol. The first-order valence-corrected chi connectivity index (χ1v) is 12.4. The molecule has 1 fully saturated rings. The molecule has 182 valence electrons. The number of aromatic nitrogens is 1. The second-order valence-electron chi connectivity index (χ2n) is 8.33. The van der Waals surface area contributed by atoms with Gasteiger partial charge in [-0.2, -0.15) is 0 Å². The lowest BCUT2D eigenvalue weighted by molar-refractivity contribution is 0.0357. The van der Waals surface area contributed by atoms with Crippen molar-refractivity contribution in [3.8, 4) is 23.0 Å². The molecule has 1 aliphatic rings. The first-order valence-electron chi connectivity index (χ1n) is 11.6. The summed E-state index contributed by atoms with van der Waals surface area (Å²) in [5.74, 6) is 1.42. The molecule has 0 N–H and O–H groups in total. The third-order valence-electron chi connectivity index (χ3n) is 6.07. The molecule has 1 saturated heterocycles. The van der Waals surface area contributed by atoms with E-state index < -0.39 is 5.82 Å². The quantitative estimate of drug-likeness (QED) is 0.248. The van der Waals surface area contributed by atoms with Crippen molar-refractivity contribution in [3.63, 3.8) is 0 Å². The lowest BCUT2D eigenvalue weighted by Crippen LogP contribution is -2.37. The molecule has 5 rings (SSSR count). The number of benzene rings is 3. The monoisotopic (exact) mass is 540 g/mol. The standard InChI is InChI=1S/C27H26BrFN2O4/c1-32-25-16-21-22(17-26(25)34-12-2-9-31-10-13-33-14-11-31)30-8-7-23(21)35-24-6-3-18-15-19(28)4-5-20(18)27(24)29/h3-8,15-17H,2,9-14H2,1H3. The van der Waals surface area contributed by atoms with Gasteiger partial charge >= 0.3 is 0 Å². The number of halogens is 2. The highest BCUT2D eigenvalue weighted by Crippen LogP contribution is 2.38. The Hall–Kier alpha value is -2.94. The van der Waals surface area contributed by atoms with Crippen LogP contribution in [0, 0.1) is 5.82 Å². The van der Waals surface area contributed by atoms with Crippen LogP contribution in [0.3, 0.4) is 0 Å². The molecule has 35 heavy (non-hydrogen) atoms. The minimum absolute atomic E-state index is 0.148. The summed E-state index contributed by atoms with van der Waals surface area (Å²) in [6.45, 7) is 5.02. The van der Waals surface area contributed by atoms with Crippen LogP contribution in [0.5, 0.6) is 23.0 Å². The van der Waals surface area contributed by atoms with Crippen molar-refractivity contribution in [2.75, 3.05) is 46.6 Å². The number of methoxy groups -OCH3 is 1. The van der Waals surface area contributed by atoms with E-state index in [-0.39, 0.29) is 5.75 Å². The van der Waals surface area contributed by atoms with Crippen molar-refractivity contribution in [2.45, 2.75) is 6.42 Å². The fraction of sp³-hybridized carbons (Fsp3) is 0.296. The van der Waals surface area contributed by atoms with Gasteiger partial charge in [0.25, 0.3) is 0 Å². The largest absolute Gasteiger partial charge is 0.493 e. The number of morpholine rings is 1. The zero-order valence-corrected chi connectivity index (χ0v) is 21.0. The summed E-state index contributed by atoms with van der Waals surface area (Å²) in [7, 11) is 1.60. The second kappa shape index (κ2) is 10.8. The maximum absolute atomic E-state index is 15.2. The number of nitrogens with zero attached hydrogens (tertiary/aromatic N) is 2. The molecule has 0 amide bonds. The zero-order valence-electron chi connectivity index (χ0n) is 19.4. The fourth-order valence-electron chi connectivity index (χ4n) is 4.22. The Morgan fingerprint density at radius 2 is 1.83 bits per heavy atom. The van der Waals surface area contributed by atoms with E-state index >= 15 is 4.39 Å². The van der Waals surface area contributed by atoms with Crippen LogP contribution in [0.15, 0.2) is 59.2 Å². The molecule has 1 aliphatic heterocycles. The number of hydrogen-bond acceptors (Lipinski definition) is 6. The molecule has 3 aromatic carbocycles. The smallest absolute Gasteiger partial charge is 0.173 e. The first kappa shape index (κ1) is 23.8. The van der Waals surface area contributed by atoms with Crippen LogP contribution in [-0.2, 0) is 4.74 Å². The van der Waals surface area contributed by atoms with E-state index in [1.165, 1.54) is 0 Å². The van der Waals surface area contributed by atoms with E-state index in [4.69, 9.17) is 18.9 Å². The molecular formula is C27H26BrFN2O4. The van der Waals surface area contributed by atoms with Gasteiger partial charge in [-0.1, -0.05) is 28.1 Å². The van der Waals surface area contributed by atoms with Gasteiger partial charge in [-0.3, -0.25) is 9.88 Å². The molecule has 2 heterocycles. The molecule has 8 heteroatoms. The third-order valence-corrected chi connectivity index (χ3v) is 6.56. The van der Waals surface area contributed by atoms with Gasteiger partial charge in [0.15, 0.2) is 23.1 Å². The van der Waals surface area contributed by atoms with E-state index in [1.54, 1.807) is 31.5 Å². The normalized spacial score (nSPS) is 14.4. The SMILES string of the molecule is COc1cc2c(Oc3ccc4cc(Br)ccc4c3F)ccnc2cc1OCCCN1CCOCC1. The summed E-state index contributed by atoms with van der Waals surface area (Å²) in [5.41, 5.74) is 0.677. The van der Waals surface area contributed by atoms with E-state index in [0.717, 1.165) is 49.1 Å². The van der Waals surface area contributed by atoms with Crippen molar-refractivity contribution in [2.24, 2.45) is 0 Å². The Morgan fingerprint density at radius 1 is 0.971 bits per heavy atom. The van der Waals surface area contributed by atoms with E-state index in [9.17, 15) is 0 Å². The summed E-state index contributed by atoms with van der Waals surface area (Å²) >= 11 is 3.42.